The van der Waals surface area contributed by atoms with Crippen LogP contribution in [0.1, 0.15) is 44.9 Å². The summed E-state index contributed by atoms with van der Waals surface area (Å²) in [6.07, 6.45) is 9.90. The predicted molar refractivity (Wildman–Crippen MR) is 115 cm³/mol. The van der Waals surface area contributed by atoms with Crippen LogP contribution in [0, 0.1) is 5.92 Å². The average molecular weight is 451 g/mol. The number of rotatable bonds is 7. The van der Waals surface area contributed by atoms with Crippen molar-refractivity contribution in [2.24, 2.45) is 10.9 Å². The molecule has 0 aromatic rings. The van der Waals surface area contributed by atoms with Gasteiger partial charge in [0.15, 0.2) is 5.96 Å². The van der Waals surface area contributed by atoms with Crippen LogP contribution in [0.5, 0.6) is 0 Å². The fourth-order valence-corrected chi connectivity index (χ4v) is 3.82. The molecule has 0 spiro atoms. The molecule has 0 aromatic heterocycles. The van der Waals surface area contributed by atoms with E-state index in [1.807, 2.05) is 7.05 Å². The van der Waals surface area contributed by atoms with E-state index in [2.05, 4.69) is 39.5 Å². The molecule has 2 N–H and O–H groups in total. The molecule has 1 saturated heterocycles. The Morgan fingerprint density at radius 3 is 2.54 bits per heavy atom. The smallest absolute Gasteiger partial charge is 0.191 e. The summed E-state index contributed by atoms with van der Waals surface area (Å²) in [5.41, 5.74) is 0. The highest BCUT2D eigenvalue weighted by molar-refractivity contribution is 14.0. The van der Waals surface area contributed by atoms with Gasteiger partial charge in [-0.2, -0.15) is 0 Å². The highest BCUT2D eigenvalue weighted by atomic mass is 127. The third-order valence-electron chi connectivity index (χ3n) is 5.52. The van der Waals surface area contributed by atoms with Gasteiger partial charge in [-0.3, -0.25) is 9.89 Å². The van der Waals surface area contributed by atoms with Crippen molar-refractivity contribution >= 4 is 29.9 Å². The number of likely N-dealkylation sites (N-methyl/N-ethyl adjacent to an activating group) is 2. The molecule has 1 aliphatic heterocycles. The number of piperazine rings is 1. The zero-order chi connectivity index (χ0) is 16.5. The minimum atomic E-state index is 0. The van der Waals surface area contributed by atoms with E-state index in [0.717, 1.165) is 38.1 Å². The van der Waals surface area contributed by atoms with E-state index < -0.39 is 0 Å². The highest BCUT2D eigenvalue weighted by Crippen LogP contribution is 2.28. The Morgan fingerprint density at radius 1 is 1.08 bits per heavy atom. The van der Waals surface area contributed by atoms with E-state index in [-0.39, 0.29) is 24.0 Å². The minimum Gasteiger partial charge on any atom is -0.356 e. The Morgan fingerprint density at radius 2 is 1.83 bits per heavy atom. The lowest BCUT2D eigenvalue weighted by molar-refractivity contribution is 0.116. The van der Waals surface area contributed by atoms with Crippen LogP contribution in [-0.4, -0.2) is 75.7 Å². The zero-order valence-electron chi connectivity index (χ0n) is 15.9. The quantitative estimate of drug-likeness (QED) is 0.270. The molecule has 1 saturated carbocycles. The van der Waals surface area contributed by atoms with Crippen molar-refractivity contribution in [3.05, 3.63) is 0 Å². The van der Waals surface area contributed by atoms with Crippen LogP contribution in [-0.2, 0) is 0 Å². The van der Waals surface area contributed by atoms with E-state index in [9.17, 15) is 0 Å². The van der Waals surface area contributed by atoms with Gasteiger partial charge in [-0.15, -0.1) is 24.0 Å². The van der Waals surface area contributed by atoms with Crippen molar-refractivity contribution in [2.75, 3.05) is 53.9 Å². The molecule has 0 radical (unpaired) electrons. The number of guanidine groups is 1. The first kappa shape index (κ1) is 22.0. The second kappa shape index (κ2) is 12.3. The van der Waals surface area contributed by atoms with Crippen LogP contribution < -0.4 is 10.6 Å². The maximum Gasteiger partial charge on any atom is 0.191 e. The second-order valence-electron chi connectivity index (χ2n) is 7.42. The Labute approximate surface area is 166 Å². The molecule has 1 unspecified atom stereocenters. The molecule has 0 amide bonds. The van der Waals surface area contributed by atoms with Crippen LogP contribution in [0.4, 0.5) is 0 Å². The van der Waals surface area contributed by atoms with Crippen molar-refractivity contribution in [2.45, 2.75) is 51.0 Å². The molecular weight excluding hydrogens is 413 g/mol. The van der Waals surface area contributed by atoms with Crippen molar-refractivity contribution in [3.8, 4) is 0 Å². The molecule has 0 bridgehead atoms. The number of unbranched alkanes of at least 4 members (excludes halogenated alkanes) is 1. The minimum absolute atomic E-state index is 0. The van der Waals surface area contributed by atoms with Gasteiger partial charge in [-0.05, 0) is 26.4 Å². The maximum atomic E-state index is 4.35. The summed E-state index contributed by atoms with van der Waals surface area (Å²) < 4.78 is 0. The number of nitrogens with one attached hydrogen (secondary N) is 2. The number of nitrogens with zero attached hydrogens (tertiary/aromatic N) is 3. The largest absolute Gasteiger partial charge is 0.356 e. The van der Waals surface area contributed by atoms with Gasteiger partial charge in [-0.25, -0.2) is 0 Å². The lowest BCUT2D eigenvalue weighted by Crippen LogP contribution is -2.55. The lowest BCUT2D eigenvalue weighted by Gasteiger charge is -2.37. The fraction of sp³-hybridized carbons (Fsp3) is 0.944. The fourth-order valence-electron chi connectivity index (χ4n) is 3.82. The van der Waals surface area contributed by atoms with Gasteiger partial charge in [0, 0.05) is 45.8 Å². The summed E-state index contributed by atoms with van der Waals surface area (Å²) in [6, 6.07) is 0.565. The van der Waals surface area contributed by atoms with E-state index in [4.69, 9.17) is 0 Å². The summed E-state index contributed by atoms with van der Waals surface area (Å²) in [6.45, 7) is 5.44. The number of hydrogen-bond donors (Lipinski definition) is 2. The van der Waals surface area contributed by atoms with Crippen LogP contribution in [0.2, 0.25) is 0 Å². The summed E-state index contributed by atoms with van der Waals surface area (Å²) in [5, 5.41) is 6.96. The molecule has 2 aliphatic rings. The topological polar surface area (TPSA) is 42.9 Å². The van der Waals surface area contributed by atoms with Gasteiger partial charge in [0.05, 0.1) is 0 Å². The molecule has 1 aliphatic carbocycles. The molecule has 2 fully saturated rings. The summed E-state index contributed by atoms with van der Waals surface area (Å²) >= 11 is 0. The molecule has 2 rings (SSSR count). The second-order valence-corrected chi connectivity index (χ2v) is 7.42. The van der Waals surface area contributed by atoms with Gasteiger partial charge in [-0.1, -0.05) is 38.5 Å². The average Bonchev–Trinajstić information content (AvgIpc) is 3.06. The molecule has 6 heteroatoms. The number of aliphatic imine (C=N–C) groups is 1. The van der Waals surface area contributed by atoms with Gasteiger partial charge < -0.3 is 15.5 Å². The van der Waals surface area contributed by atoms with E-state index in [1.165, 1.54) is 51.5 Å². The van der Waals surface area contributed by atoms with E-state index >= 15 is 0 Å². The van der Waals surface area contributed by atoms with Crippen molar-refractivity contribution < 1.29 is 0 Å². The van der Waals surface area contributed by atoms with Gasteiger partial charge in [0.25, 0.3) is 0 Å². The Kier molecular flexibility index (Phi) is 11.3. The molecule has 1 heterocycles. The standard InChI is InChI=1S/C18H37N5.HI/c1-19-18(20-11-7-6-10-16-8-4-5-9-16)21-14-17-15-22(2)12-13-23(17)3;/h16-17H,4-15H2,1-3H3,(H2,19,20,21);1H. The van der Waals surface area contributed by atoms with Crippen molar-refractivity contribution in [3.63, 3.8) is 0 Å². The summed E-state index contributed by atoms with van der Waals surface area (Å²) in [4.78, 5) is 9.21. The molecule has 24 heavy (non-hydrogen) atoms. The predicted octanol–water partition coefficient (Wildman–Crippen LogP) is 2.38. The van der Waals surface area contributed by atoms with Gasteiger partial charge in [0.2, 0.25) is 0 Å². The van der Waals surface area contributed by atoms with E-state index in [0.29, 0.717) is 6.04 Å². The third-order valence-corrected chi connectivity index (χ3v) is 5.52. The Bertz CT molecular complexity index is 357. The maximum absolute atomic E-state index is 4.35. The third kappa shape index (κ3) is 7.87. The lowest BCUT2D eigenvalue weighted by atomic mass is 10.0. The van der Waals surface area contributed by atoms with E-state index in [1.54, 1.807) is 0 Å². The SMILES string of the molecule is CN=C(NCCCCC1CCCC1)NCC1CN(C)CCN1C.I. The molecule has 1 atom stereocenters. The van der Waals surface area contributed by atoms with Gasteiger partial charge >= 0.3 is 0 Å². The van der Waals surface area contributed by atoms with Crippen LogP contribution in [0.15, 0.2) is 4.99 Å². The normalized spacial score (nSPS) is 24.0. The van der Waals surface area contributed by atoms with Crippen LogP contribution in [0.3, 0.4) is 0 Å². The first-order valence-electron chi connectivity index (χ1n) is 9.52. The molecule has 0 aromatic carbocycles. The van der Waals surface area contributed by atoms with Crippen molar-refractivity contribution in [1.82, 2.24) is 20.4 Å². The molecule has 142 valence electrons. The van der Waals surface area contributed by atoms with Crippen molar-refractivity contribution in [1.29, 1.82) is 0 Å². The summed E-state index contributed by atoms with van der Waals surface area (Å²) in [7, 11) is 6.29. The highest BCUT2D eigenvalue weighted by Gasteiger charge is 2.22. The number of hydrogen-bond acceptors (Lipinski definition) is 3. The van der Waals surface area contributed by atoms with Crippen LogP contribution in [0.25, 0.3) is 0 Å². The Balaban J connectivity index is 0.00000288. The zero-order valence-corrected chi connectivity index (χ0v) is 18.2. The molecular formula is C18H38IN5. The monoisotopic (exact) mass is 451 g/mol. The number of halogens is 1. The molecule has 5 nitrogen and oxygen atoms in total. The van der Waals surface area contributed by atoms with Gasteiger partial charge in [0.1, 0.15) is 0 Å². The Hall–Kier alpha value is -0.0800. The summed E-state index contributed by atoms with van der Waals surface area (Å²) in [5.74, 6) is 1.97. The first-order chi connectivity index (χ1) is 11.2. The first-order valence-corrected chi connectivity index (χ1v) is 9.52. The van der Waals surface area contributed by atoms with Crippen LogP contribution >= 0.6 is 24.0 Å².